The molecule has 4 aromatic rings. The standard InChI is InChI=1S/C28H28N4O2S/c1-19-6-14-24(15-7-19)29-27-31(26(18-35-27)22-10-16-25(17-11-22)32(33)34)30-20(2)21-8-12-23(13-9-21)28(3,4)5/h6-18H,1-5H3. The fourth-order valence-electron chi connectivity index (χ4n) is 3.57. The Bertz CT molecular complexity index is 1440. The highest BCUT2D eigenvalue weighted by molar-refractivity contribution is 7.07. The van der Waals surface area contributed by atoms with Crippen LogP contribution in [0.15, 0.2) is 88.3 Å². The van der Waals surface area contributed by atoms with Crippen molar-refractivity contribution in [2.75, 3.05) is 0 Å². The molecule has 4 rings (SSSR count). The Morgan fingerprint density at radius 2 is 1.57 bits per heavy atom. The topological polar surface area (TPSA) is 72.8 Å². The van der Waals surface area contributed by atoms with Crippen LogP contribution in [0.4, 0.5) is 11.4 Å². The summed E-state index contributed by atoms with van der Waals surface area (Å²) in [6.45, 7) is 10.6. The van der Waals surface area contributed by atoms with Crippen LogP contribution in [0.2, 0.25) is 0 Å². The SMILES string of the molecule is CC(=Nn1c(-c2ccc([N+](=O)[O-])cc2)csc1=Nc1ccc(C)cc1)c1ccc(C(C)(C)C)cc1. The van der Waals surface area contributed by atoms with Gasteiger partial charge in [-0.3, -0.25) is 10.1 Å². The molecule has 0 saturated heterocycles. The zero-order valence-corrected chi connectivity index (χ0v) is 21.3. The number of aromatic nitrogens is 1. The number of hydrogen-bond acceptors (Lipinski definition) is 5. The Hall–Kier alpha value is -3.84. The van der Waals surface area contributed by atoms with Crippen LogP contribution in [0.5, 0.6) is 0 Å². The summed E-state index contributed by atoms with van der Waals surface area (Å²) in [5.41, 5.74) is 6.92. The number of nitro groups is 1. The van der Waals surface area contributed by atoms with Gasteiger partial charge in [0.05, 0.1) is 22.0 Å². The monoisotopic (exact) mass is 484 g/mol. The van der Waals surface area contributed by atoms with Crippen molar-refractivity contribution in [3.63, 3.8) is 0 Å². The molecular formula is C28H28N4O2S. The number of hydrogen-bond donors (Lipinski definition) is 0. The van der Waals surface area contributed by atoms with E-state index in [1.54, 1.807) is 12.1 Å². The van der Waals surface area contributed by atoms with Crippen molar-refractivity contribution in [3.8, 4) is 11.3 Å². The van der Waals surface area contributed by atoms with Crippen molar-refractivity contribution < 1.29 is 4.92 Å². The quantitative estimate of drug-likeness (QED) is 0.170. The molecule has 0 saturated carbocycles. The van der Waals surface area contributed by atoms with Gasteiger partial charge in [-0.2, -0.15) is 5.10 Å². The largest absolute Gasteiger partial charge is 0.269 e. The van der Waals surface area contributed by atoms with Crippen LogP contribution in [-0.2, 0) is 5.41 Å². The second kappa shape index (κ2) is 9.80. The van der Waals surface area contributed by atoms with Gasteiger partial charge in [-0.05, 0) is 54.7 Å². The molecule has 0 unspecified atom stereocenters. The fraction of sp³-hybridized carbons (Fsp3) is 0.214. The lowest BCUT2D eigenvalue weighted by atomic mass is 9.86. The van der Waals surface area contributed by atoms with E-state index in [0.29, 0.717) is 4.80 Å². The van der Waals surface area contributed by atoms with Gasteiger partial charge in [0.25, 0.3) is 5.69 Å². The molecule has 7 heteroatoms. The molecule has 1 heterocycles. The lowest BCUT2D eigenvalue weighted by Crippen LogP contribution is -2.14. The van der Waals surface area contributed by atoms with Gasteiger partial charge in [0, 0.05) is 23.1 Å². The van der Waals surface area contributed by atoms with E-state index in [9.17, 15) is 10.1 Å². The smallest absolute Gasteiger partial charge is 0.258 e. The number of aryl methyl sites for hydroxylation is 1. The highest BCUT2D eigenvalue weighted by Gasteiger charge is 2.14. The molecule has 178 valence electrons. The minimum Gasteiger partial charge on any atom is -0.258 e. The maximum absolute atomic E-state index is 11.1. The lowest BCUT2D eigenvalue weighted by Gasteiger charge is -2.19. The first-order valence-electron chi connectivity index (χ1n) is 11.3. The minimum absolute atomic E-state index is 0.0544. The molecule has 6 nitrogen and oxygen atoms in total. The normalized spacial score (nSPS) is 12.7. The first-order valence-corrected chi connectivity index (χ1v) is 12.2. The van der Waals surface area contributed by atoms with Gasteiger partial charge in [0.2, 0.25) is 4.80 Å². The number of nitrogens with zero attached hydrogens (tertiary/aromatic N) is 4. The predicted molar refractivity (Wildman–Crippen MR) is 144 cm³/mol. The summed E-state index contributed by atoms with van der Waals surface area (Å²) < 4.78 is 1.82. The van der Waals surface area contributed by atoms with Crippen LogP contribution in [0.25, 0.3) is 11.3 Å². The number of rotatable bonds is 5. The molecule has 3 aromatic carbocycles. The summed E-state index contributed by atoms with van der Waals surface area (Å²) in [5, 5.41) is 18.0. The molecule has 0 aliphatic carbocycles. The summed E-state index contributed by atoms with van der Waals surface area (Å²) in [5.74, 6) is 0. The molecule has 0 N–H and O–H groups in total. The van der Waals surface area contributed by atoms with E-state index >= 15 is 0 Å². The number of benzene rings is 3. The molecule has 1 aromatic heterocycles. The van der Waals surface area contributed by atoms with E-state index in [0.717, 1.165) is 28.2 Å². The van der Waals surface area contributed by atoms with Gasteiger partial charge in [0.15, 0.2) is 0 Å². The Morgan fingerprint density at radius 3 is 2.14 bits per heavy atom. The van der Waals surface area contributed by atoms with Crippen LogP contribution < -0.4 is 4.80 Å². The number of thiazole rings is 1. The van der Waals surface area contributed by atoms with E-state index in [1.807, 2.05) is 48.2 Å². The second-order valence-corrected chi connectivity index (χ2v) is 10.3. The van der Waals surface area contributed by atoms with Crippen molar-refractivity contribution in [1.82, 2.24) is 4.68 Å². The summed E-state index contributed by atoms with van der Waals surface area (Å²) in [7, 11) is 0. The summed E-state index contributed by atoms with van der Waals surface area (Å²) >= 11 is 1.48. The van der Waals surface area contributed by atoms with E-state index < -0.39 is 4.92 Å². The van der Waals surface area contributed by atoms with Crippen molar-refractivity contribution in [3.05, 3.63) is 110 Å². The van der Waals surface area contributed by atoms with Crippen LogP contribution >= 0.6 is 11.3 Å². The molecule has 0 aliphatic heterocycles. The van der Waals surface area contributed by atoms with E-state index in [4.69, 9.17) is 10.1 Å². The summed E-state index contributed by atoms with van der Waals surface area (Å²) in [6, 6.07) is 23.0. The average molecular weight is 485 g/mol. The van der Waals surface area contributed by atoms with Crippen LogP contribution in [0, 0.1) is 17.0 Å². The van der Waals surface area contributed by atoms with Gasteiger partial charge in [0.1, 0.15) is 0 Å². The zero-order valence-electron chi connectivity index (χ0n) is 20.5. The molecule has 35 heavy (non-hydrogen) atoms. The molecular weight excluding hydrogens is 456 g/mol. The first kappa shape index (κ1) is 24.3. The van der Waals surface area contributed by atoms with E-state index in [2.05, 4.69) is 45.0 Å². The maximum atomic E-state index is 11.1. The molecule has 0 fully saturated rings. The Kier molecular flexibility index (Phi) is 6.80. The Morgan fingerprint density at radius 1 is 0.943 bits per heavy atom. The Labute approximate surface area is 209 Å². The van der Waals surface area contributed by atoms with Crippen LogP contribution in [-0.4, -0.2) is 15.3 Å². The third-order valence-electron chi connectivity index (χ3n) is 5.74. The fourth-order valence-corrected chi connectivity index (χ4v) is 4.42. The van der Waals surface area contributed by atoms with Crippen molar-refractivity contribution in [2.24, 2.45) is 10.1 Å². The van der Waals surface area contributed by atoms with Gasteiger partial charge >= 0.3 is 0 Å². The molecule has 0 amide bonds. The van der Waals surface area contributed by atoms with Gasteiger partial charge < -0.3 is 0 Å². The van der Waals surface area contributed by atoms with Crippen molar-refractivity contribution in [2.45, 2.75) is 40.0 Å². The maximum Gasteiger partial charge on any atom is 0.269 e. The van der Waals surface area contributed by atoms with Gasteiger partial charge in [-0.25, -0.2) is 9.67 Å². The molecule has 0 aliphatic rings. The highest BCUT2D eigenvalue weighted by atomic mass is 32.1. The number of non-ortho nitro benzene ring substituents is 1. The predicted octanol–water partition coefficient (Wildman–Crippen LogP) is 7.24. The highest BCUT2D eigenvalue weighted by Crippen LogP contribution is 2.25. The molecule has 0 bridgehead atoms. The van der Waals surface area contributed by atoms with Crippen molar-refractivity contribution in [1.29, 1.82) is 0 Å². The first-order chi connectivity index (χ1) is 16.6. The molecule has 0 radical (unpaired) electrons. The number of nitro benzene ring substituents is 1. The third-order valence-corrected chi connectivity index (χ3v) is 6.55. The lowest BCUT2D eigenvalue weighted by molar-refractivity contribution is -0.384. The minimum atomic E-state index is -0.396. The molecule has 0 atom stereocenters. The zero-order chi connectivity index (χ0) is 25.2. The second-order valence-electron chi connectivity index (χ2n) is 9.48. The van der Waals surface area contributed by atoms with E-state index in [1.165, 1.54) is 34.6 Å². The summed E-state index contributed by atoms with van der Waals surface area (Å²) in [6.07, 6.45) is 0. The third kappa shape index (κ3) is 5.63. The average Bonchev–Trinajstić information content (AvgIpc) is 3.22. The van der Waals surface area contributed by atoms with Gasteiger partial charge in [-0.1, -0.05) is 62.7 Å². The van der Waals surface area contributed by atoms with E-state index in [-0.39, 0.29) is 11.1 Å². The molecule has 0 spiro atoms. The van der Waals surface area contributed by atoms with Crippen LogP contribution in [0.1, 0.15) is 44.4 Å². The Balaban J connectivity index is 1.83. The summed E-state index contributed by atoms with van der Waals surface area (Å²) in [4.78, 5) is 16.3. The van der Waals surface area contributed by atoms with Crippen molar-refractivity contribution >= 4 is 28.4 Å². The van der Waals surface area contributed by atoms with Crippen LogP contribution in [0.3, 0.4) is 0 Å². The van der Waals surface area contributed by atoms with Gasteiger partial charge in [-0.15, -0.1) is 11.3 Å².